The Kier molecular flexibility index (Phi) is 5.71. The molecule has 0 radical (unpaired) electrons. The lowest BCUT2D eigenvalue weighted by atomic mass is 9.99. The minimum Gasteiger partial charge on any atom is -0.503 e. The quantitative estimate of drug-likeness (QED) is 0.715. The molecular weight excluding hydrogens is 378 g/mol. The number of carbonyl (C=O) groups excluding carboxylic acids is 2. The van der Waals surface area contributed by atoms with Crippen molar-refractivity contribution >= 4 is 23.0 Å². The SMILES string of the molecule is Cc1ccc([C@@H]2C(C(=O)c3sc(C)nc3C)=C(O)C(=O)N2CCCN(C)C)o1. The predicted molar refractivity (Wildman–Crippen MR) is 107 cm³/mol. The van der Waals surface area contributed by atoms with E-state index in [4.69, 9.17) is 4.42 Å². The van der Waals surface area contributed by atoms with Crippen LogP contribution in [0, 0.1) is 20.8 Å². The van der Waals surface area contributed by atoms with Crippen LogP contribution in [0.15, 0.2) is 27.9 Å². The molecule has 0 saturated carbocycles. The van der Waals surface area contributed by atoms with Crippen molar-refractivity contribution in [2.24, 2.45) is 0 Å². The molecule has 1 aliphatic heterocycles. The van der Waals surface area contributed by atoms with Crippen LogP contribution in [0.3, 0.4) is 0 Å². The molecule has 1 amide bonds. The first kappa shape index (κ1) is 20.3. The number of aryl methyl sites for hydroxylation is 3. The highest BCUT2D eigenvalue weighted by molar-refractivity contribution is 7.14. The van der Waals surface area contributed by atoms with E-state index in [9.17, 15) is 14.7 Å². The third-order valence-electron chi connectivity index (χ3n) is 4.69. The molecule has 1 N–H and O–H groups in total. The van der Waals surface area contributed by atoms with Gasteiger partial charge < -0.3 is 19.3 Å². The van der Waals surface area contributed by atoms with E-state index in [0.717, 1.165) is 11.6 Å². The summed E-state index contributed by atoms with van der Waals surface area (Å²) in [5.74, 6) is -0.261. The molecule has 28 heavy (non-hydrogen) atoms. The molecule has 0 bridgehead atoms. The Morgan fingerprint density at radius 1 is 1.32 bits per heavy atom. The second kappa shape index (κ2) is 7.89. The number of ketones is 1. The summed E-state index contributed by atoms with van der Waals surface area (Å²) in [6.45, 7) is 6.57. The fourth-order valence-electron chi connectivity index (χ4n) is 3.43. The molecule has 0 unspecified atom stereocenters. The first-order valence-corrected chi connectivity index (χ1v) is 9.96. The van der Waals surface area contributed by atoms with Crippen molar-refractivity contribution in [3.05, 3.63) is 50.6 Å². The van der Waals surface area contributed by atoms with E-state index in [-0.39, 0.29) is 11.4 Å². The van der Waals surface area contributed by atoms with Crippen molar-refractivity contribution in [2.45, 2.75) is 33.2 Å². The second-order valence-corrected chi connectivity index (χ2v) is 8.45. The number of aliphatic hydroxyl groups is 1. The van der Waals surface area contributed by atoms with Crippen LogP contribution in [0.5, 0.6) is 0 Å². The van der Waals surface area contributed by atoms with Crippen LogP contribution in [0.4, 0.5) is 0 Å². The number of aliphatic hydroxyl groups excluding tert-OH is 1. The Morgan fingerprint density at radius 3 is 2.57 bits per heavy atom. The fourth-order valence-corrected chi connectivity index (χ4v) is 4.31. The van der Waals surface area contributed by atoms with E-state index in [1.165, 1.54) is 16.2 Å². The number of amides is 1. The van der Waals surface area contributed by atoms with E-state index >= 15 is 0 Å². The van der Waals surface area contributed by atoms with Crippen LogP contribution in [0.25, 0.3) is 0 Å². The molecule has 0 spiro atoms. The van der Waals surface area contributed by atoms with Gasteiger partial charge in [-0.3, -0.25) is 9.59 Å². The second-order valence-electron chi connectivity index (χ2n) is 7.25. The number of aromatic nitrogens is 1. The third-order valence-corrected chi connectivity index (χ3v) is 5.76. The number of furan rings is 1. The highest BCUT2D eigenvalue weighted by atomic mass is 32.1. The van der Waals surface area contributed by atoms with Gasteiger partial charge in [-0.2, -0.15) is 0 Å². The Hall–Kier alpha value is -2.45. The van der Waals surface area contributed by atoms with Crippen LogP contribution < -0.4 is 0 Å². The zero-order valence-electron chi connectivity index (χ0n) is 16.8. The zero-order chi connectivity index (χ0) is 20.6. The molecule has 1 atom stereocenters. The molecule has 150 valence electrons. The van der Waals surface area contributed by atoms with Gasteiger partial charge in [0.2, 0.25) is 5.78 Å². The molecule has 2 aromatic rings. The largest absolute Gasteiger partial charge is 0.503 e. The number of hydrogen-bond donors (Lipinski definition) is 1. The van der Waals surface area contributed by atoms with Gasteiger partial charge in [0, 0.05) is 6.54 Å². The number of rotatable bonds is 7. The van der Waals surface area contributed by atoms with Crippen LogP contribution in [-0.2, 0) is 4.79 Å². The molecular formula is C20H25N3O4S. The molecule has 0 aliphatic carbocycles. The van der Waals surface area contributed by atoms with E-state index in [1.807, 2.05) is 25.9 Å². The summed E-state index contributed by atoms with van der Waals surface area (Å²) in [4.78, 5) is 34.4. The average Bonchev–Trinajstić information content (AvgIpc) is 3.26. The van der Waals surface area contributed by atoms with E-state index in [1.54, 1.807) is 26.0 Å². The monoisotopic (exact) mass is 403 g/mol. The van der Waals surface area contributed by atoms with Gasteiger partial charge in [-0.15, -0.1) is 11.3 Å². The molecule has 0 aromatic carbocycles. The minimum absolute atomic E-state index is 0.0657. The standard InChI is InChI=1S/C20H25N3O4S/c1-11-7-8-14(27-11)16-15(17(24)19-12(2)21-13(3)28-19)18(25)20(26)23(16)10-6-9-22(4)5/h7-8,16,25H,6,9-10H2,1-5H3/t16-/m1/s1. The van der Waals surface area contributed by atoms with Crippen molar-refractivity contribution in [1.29, 1.82) is 0 Å². The van der Waals surface area contributed by atoms with Crippen LogP contribution >= 0.6 is 11.3 Å². The first-order valence-electron chi connectivity index (χ1n) is 9.14. The van der Waals surface area contributed by atoms with Crippen molar-refractivity contribution < 1.29 is 19.1 Å². The molecule has 3 heterocycles. The van der Waals surface area contributed by atoms with Crippen molar-refractivity contribution in [3.63, 3.8) is 0 Å². The summed E-state index contributed by atoms with van der Waals surface area (Å²) in [5.41, 5.74) is 0.664. The Labute approximate surface area is 168 Å². The smallest absolute Gasteiger partial charge is 0.290 e. The van der Waals surface area contributed by atoms with Crippen molar-refractivity contribution in [3.8, 4) is 0 Å². The zero-order valence-corrected chi connectivity index (χ0v) is 17.6. The topological polar surface area (TPSA) is 86.9 Å². The van der Waals surface area contributed by atoms with Crippen molar-refractivity contribution in [2.75, 3.05) is 27.2 Å². The first-order chi connectivity index (χ1) is 13.2. The number of carbonyl (C=O) groups is 2. The molecule has 3 rings (SSSR count). The van der Waals surface area contributed by atoms with E-state index in [2.05, 4.69) is 4.98 Å². The summed E-state index contributed by atoms with van der Waals surface area (Å²) in [7, 11) is 3.91. The predicted octanol–water partition coefficient (Wildman–Crippen LogP) is 3.19. The maximum Gasteiger partial charge on any atom is 0.290 e. The van der Waals surface area contributed by atoms with Crippen LogP contribution in [0.1, 0.15) is 44.4 Å². The molecule has 1 aliphatic rings. The number of Topliss-reactive ketones (excluding diaryl/α,β-unsaturated/α-hetero) is 1. The average molecular weight is 404 g/mol. The van der Waals surface area contributed by atoms with Crippen LogP contribution in [-0.4, -0.2) is 58.8 Å². The third kappa shape index (κ3) is 3.74. The van der Waals surface area contributed by atoms with Gasteiger partial charge in [-0.1, -0.05) is 0 Å². The maximum atomic E-state index is 13.3. The number of thiazole rings is 1. The van der Waals surface area contributed by atoms with Crippen LogP contribution in [0.2, 0.25) is 0 Å². The molecule has 0 saturated heterocycles. The van der Waals surface area contributed by atoms with Crippen molar-refractivity contribution in [1.82, 2.24) is 14.8 Å². The van der Waals surface area contributed by atoms with Gasteiger partial charge >= 0.3 is 0 Å². The molecule has 2 aromatic heterocycles. The lowest BCUT2D eigenvalue weighted by Crippen LogP contribution is -2.33. The highest BCUT2D eigenvalue weighted by Gasteiger charge is 2.45. The Morgan fingerprint density at radius 2 is 2.04 bits per heavy atom. The van der Waals surface area contributed by atoms with E-state index in [0.29, 0.717) is 35.1 Å². The molecule has 8 heteroatoms. The number of hydrogen-bond acceptors (Lipinski definition) is 7. The molecule has 7 nitrogen and oxygen atoms in total. The molecule has 0 fully saturated rings. The van der Waals surface area contributed by atoms with E-state index < -0.39 is 17.7 Å². The summed E-state index contributed by atoms with van der Waals surface area (Å²) in [6.07, 6.45) is 0.711. The van der Waals surface area contributed by atoms with Gasteiger partial charge in [-0.25, -0.2) is 4.98 Å². The van der Waals surface area contributed by atoms with Gasteiger partial charge in [0.1, 0.15) is 17.6 Å². The summed E-state index contributed by atoms with van der Waals surface area (Å²) in [5, 5.41) is 11.4. The normalized spacial score (nSPS) is 17.3. The van der Waals surface area contributed by atoms with Gasteiger partial charge in [0.25, 0.3) is 5.91 Å². The Balaban J connectivity index is 2.01. The van der Waals surface area contributed by atoms with Gasteiger partial charge in [-0.05, 0) is 60.0 Å². The highest BCUT2D eigenvalue weighted by Crippen LogP contribution is 2.40. The lowest BCUT2D eigenvalue weighted by molar-refractivity contribution is -0.129. The Bertz CT molecular complexity index is 941. The minimum atomic E-state index is -0.738. The summed E-state index contributed by atoms with van der Waals surface area (Å²) < 4.78 is 5.76. The lowest BCUT2D eigenvalue weighted by Gasteiger charge is -2.25. The maximum absolute atomic E-state index is 13.3. The number of nitrogens with zero attached hydrogens (tertiary/aromatic N) is 3. The van der Waals surface area contributed by atoms with Gasteiger partial charge in [0.05, 0.1) is 21.2 Å². The fraction of sp³-hybridized carbons (Fsp3) is 0.450. The summed E-state index contributed by atoms with van der Waals surface area (Å²) >= 11 is 1.26. The summed E-state index contributed by atoms with van der Waals surface area (Å²) in [6, 6.07) is 2.80. The van der Waals surface area contributed by atoms with Gasteiger partial charge in [0.15, 0.2) is 5.76 Å².